The normalized spacial score (nSPS) is 11.0. The zero-order valence-corrected chi connectivity index (χ0v) is 14.4. The molecule has 1 aromatic heterocycles. The highest BCUT2D eigenvalue weighted by atomic mass is 16.4. The highest BCUT2D eigenvalue weighted by Gasteiger charge is 2.18. The van der Waals surface area contributed by atoms with Crippen LogP contribution >= 0.6 is 0 Å². The Balaban J connectivity index is 2.46. The van der Waals surface area contributed by atoms with E-state index in [1.165, 1.54) is 44.3 Å². The number of rotatable bonds is 13. The third kappa shape index (κ3) is 7.10. The van der Waals surface area contributed by atoms with Crippen molar-refractivity contribution in [2.75, 3.05) is 0 Å². The lowest BCUT2D eigenvalue weighted by Crippen LogP contribution is -2.41. The van der Waals surface area contributed by atoms with Gasteiger partial charge >= 0.3 is 5.97 Å². The van der Waals surface area contributed by atoms with Gasteiger partial charge in [0.25, 0.3) is 5.82 Å². The molecule has 1 aromatic rings. The van der Waals surface area contributed by atoms with Crippen LogP contribution in [0, 0.1) is 0 Å². The number of imidazole rings is 1. The summed E-state index contributed by atoms with van der Waals surface area (Å²) in [7, 11) is 0. The van der Waals surface area contributed by atoms with Crippen LogP contribution in [0.2, 0.25) is 0 Å². The molecule has 0 aliphatic heterocycles. The fourth-order valence-electron chi connectivity index (χ4n) is 2.85. The Morgan fingerprint density at radius 1 is 1.05 bits per heavy atom. The molecule has 4 nitrogen and oxygen atoms in total. The fourth-order valence-corrected chi connectivity index (χ4v) is 2.85. The second kappa shape index (κ2) is 11.3. The molecule has 0 saturated carbocycles. The van der Waals surface area contributed by atoms with Crippen LogP contribution in [0.1, 0.15) is 77.5 Å². The maximum absolute atomic E-state index is 11.0. The highest BCUT2D eigenvalue weighted by Crippen LogP contribution is 2.10. The van der Waals surface area contributed by atoms with Gasteiger partial charge in [-0.25, -0.2) is 13.9 Å². The van der Waals surface area contributed by atoms with E-state index in [1.54, 1.807) is 0 Å². The first-order valence-electron chi connectivity index (χ1n) is 8.98. The molecular weight excluding hydrogens is 276 g/mol. The average molecular weight is 309 g/mol. The lowest BCUT2D eigenvalue weighted by atomic mass is 10.1. The zero-order valence-electron chi connectivity index (χ0n) is 14.4. The second-order valence-corrected chi connectivity index (χ2v) is 6.15. The summed E-state index contributed by atoms with van der Waals surface area (Å²) in [5.41, 5.74) is 0. The van der Waals surface area contributed by atoms with Crippen molar-refractivity contribution in [2.24, 2.45) is 0 Å². The first-order chi connectivity index (χ1) is 10.7. The van der Waals surface area contributed by atoms with E-state index in [-0.39, 0.29) is 6.54 Å². The van der Waals surface area contributed by atoms with E-state index < -0.39 is 5.97 Å². The van der Waals surface area contributed by atoms with E-state index in [2.05, 4.69) is 18.4 Å². The number of nitrogens with zero attached hydrogens (tertiary/aromatic N) is 2. The maximum atomic E-state index is 11.0. The minimum atomic E-state index is -0.765. The third-order valence-electron chi connectivity index (χ3n) is 4.15. The van der Waals surface area contributed by atoms with E-state index in [0.29, 0.717) is 0 Å². The monoisotopic (exact) mass is 309 g/mol. The summed E-state index contributed by atoms with van der Waals surface area (Å²) in [5.74, 6) is 0.406. The number of unbranched alkanes of at least 4 members (excludes halogenated alkanes) is 7. The molecule has 126 valence electrons. The van der Waals surface area contributed by atoms with Crippen molar-refractivity contribution in [3.05, 3.63) is 18.2 Å². The van der Waals surface area contributed by atoms with E-state index in [4.69, 9.17) is 5.11 Å². The Kier molecular flexibility index (Phi) is 9.60. The average Bonchev–Trinajstić information content (AvgIpc) is 2.85. The predicted molar refractivity (Wildman–Crippen MR) is 88.9 cm³/mol. The molecule has 22 heavy (non-hydrogen) atoms. The summed E-state index contributed by atoms with van der Waals surface area (Å²) in [6.07, 6.45) is 16.3. The highest BCUT2D eigenvalue weighted by molar-refractivity contribution is 5.64. The summed E-state index contributed by atoms with van der Waals surface area (Å²) in [4.78, 5) is 11.0. The minimum absolute atomic E-state index is 0.0744. The van der Waals surface area contributed by atoms with E-state index in [1.807, 2.05) is 17.0 Å². The van der Waals surface area contributed by atoms with Crippen LogP contribution in [-0.4, -0.2) is 15.6 Å². The summed E-state index contributed by atoms with van der Waals surface area (Å²) >= 11 is 0. The smallest absolute Gasteiger partial charge is 0.346 e. The molecule has 0 amide bonds. The molecule has 0 aliphatic rings. The van der Waals surface area contributed by atoms with Crippen molar-refractivity contribution in [3.8, 4) is 0 Å². The number of carboxylic acids is 1. The molecule has 0 bridgehead atoms. The van der Waals surface area contributed by atoms with Gasteiger partial charge in [0.15, 0.2) is 6.54 Å². The molecule has 0 radical (unpaired) electrons. The van der Waals surface area contributed by atoms with Crippen LogP contribution < -0.4 is 4.57 Å². The van der Waals surface area contributed by atoms with Gasteiger partial charge in [-0.15, -0.1) is 0 Å². The lowest BCUT2D eigenvalue weighted by Gasteiger charge is -2.04. The standard InChI is InChI=1S/C18H32N2O2/c1-3-5-7-8-9-10-11-12-17-19(13-6-4-2)14-15-20(17)16-18(21)22/h14-15H,3-13,16H2,1-2H3/p+1. The number of aliphatic carboxylic acids is 1. The fraction of sp³-hybridized carbons (Fsp3) is 0.778. The van der Waals surface area contributed by atoms with Crippen molar-refractivity contribution in [1.82, 2.24) is 4.57 Å². The Hall–Kier alpha value is -1.32. The minimum Gasteiger partial charge on any atom is -0.478 e. The summed E-state index contributed by atoms with van der Waals surface area (Å²) in [5, 5.41) is 9.04. The van der Waals surface area contributed by atoms with Crippen LogP contribution in [0.25, 0.3) is 0 Å². The maximum Gasteiger partial charge on any atom is 0.346 e. The quantitative estimate of drug-likeness (QED) is 0.443. The first-order valence-corrected chi connectivity index (χ1v) is 8.98. The number of hydrogen-bond donors (Lipinski definition) is 1. The Bertz CT molecular complexity index is 427. The van der Waals surface area contributed by atoms with Gasteiger partial charge in [0, 0.05) is 6.42 Å². The van der Waals surface area contributed by atoms with Gasteiger partial charge in [0.1, 0.15) is 12.4 Å². The first kappa shape index (κ1) is 18.7. The van der Waals surface area contributed by atoms with Crippen molar-refractivity contribution < 1.29 is 14.5 Å². The molecule has 0 saturated heterocycles. The summed E-state index contributed by atoms with van der Waals surface area (Å²) < 4.78 is 4.14. The number of carbonyl (C=O) groups is 1. The third-order valence-corrected chi connectivity index (χ3v) is 4.15. The molecule has 4 heteroatoms. The largest absolute Gasteiger partial charge is 0.478 e. The van der Waals surface area contributed by atoms with E-state index in [9.17, 15) is 4.79 Å². The van der Waals surface area contributed by atoms with Crippen LogP contribution in [0.15, 0.2) is 12.4 Å². The van der Waals surface area contributed by atoms with Gasteiger partial charge in [-0.2, -0.15) is 0 Å². The second-order valence-electron chi connectivity index (χ2n) is 6.15. The Morgan fingerprint density at radius 3 is 2.32 bits per heavy atom. The van der Waals surface area contributed by atoms with Crippen molar-refractivity contribution in [1.29, 1.82) is 0 Å². The number of carboxylic acid groups (broad SMARTS) is 1. The molecule has 1 heterocycles. The van der Waals surface area contributed by atoms with Gasteiger partial charge in [0.05, 0.1) is 6.54 Å². The zero-order chi connectivity index (χ0) is 16.2. The van der Waals surface area contributed by atoms with Gasteiger partial charge < -0.3 is 5.11 Å². The molecular formula is C18H33N2O2+. The van der Waals surface area contributed by atoms with Crippen molar-refractivity contribution in [2.45, 2.75) is 91.1 Å². The number of hydrogen-bond acceptors (Lipinski definition) is 1. The summed E-state index contributed by atoms with van der Waals surface area (Å²) in [6.45, 7) is 5.50. The Morgan fingerprint density at radius 2 is 1.68 bits per heavy atom. The van der Waals surface area contributed by atoms with Crippen LogP contribution in [0.5, 0.6) is 0 Å². The molecule has 0 aliphatic carbocycles. The van der Waals surface area contributed by atoms with E-state index in [0.717, 1.165) is 32.2 Å². The lowest BCUT2D eigenvalue weighted by molar-refractivity contribution is -0.692. The molecule has 0 spiro atoms. The molecule has 1 N–H and O–H groups in total. The predicted octanol–water partition coefficient (Wildman–Crippen LogP) is 3.95. The molecule has 0 atom stereocenters. The SMILES string of the molecule is CCCCCCCCCc1n(CCCC)cc[n+]1CC(=O)O. The van der Waals surface area contributed by atoms with E-state index >= 15 is 0 Å². The summed E-state index contributed by atoms with van der Waals surface area (Å²) in [6, 6.07) is 0. The van der Waals surface area contributed by atoms with Gasteiger partial charge in [0.2, 0.25) is 0 Å². The van der Waals surface area contributed by atoms with Gasteiger partial charge in [-0.05, 0) is 12.8 Å². The molecule has 0 aromatic carbocycles. The number of aryl methyl sites for hydroxylation is 1. The van der Waals surface area contributed by atoms with Gasteiger partial charge in [-0.3, -0.25) is 0 Å². The Labute approximate surface area is 135 Å². The van der Waals surface area contributed by atoms with Crippen LogP contribution in [-0.2, 0) is 24.3 Å². The van der Waals surface area contributed by atoms with Crippen LogP contribution in [0.3, 0.4) is 0 Å². The van der Waals surface area contributed by atoms with Crippen LogP contribution in [0.4, 0.5) is 0 Å². The number of aromatic nitrogens is 2. The molecule has 0 fully saturated rings. The van der Waals surface area contributed by atoms with Crippen molar-refractivity contribution >= 4 is 5.97 Å². The topological polar surface area (TPSA) is 46.1 Å². The molecule has 1 rings (SSSR count). The van der Waals surface area contributed by atoms with Crippen molar-refractivity contribution in [3.63, 3.8) is 0 Å². The van der Waals surface area contributed by atoms with Gasteiger partial charge in [-0.1, -0.05) is 58.8 Å². The molecule has 0 unspecified atom stereocenters.